The van der Waals surface area contributed by atoms with E-state index in [4.69, 9.17) is 0 Å². The van der Waals surface area contributed by atoms with Crippen LogP contribution in [0.4, 0.5) is 0 Å². The number of hydrogen-bond donors (Lipinski definition) is 0. The summed E-state index contributed by atoms with van der Waals surface area (Å²) in [5, 5.41) is 0. The fraction of sp³-hybridized carbons (Fsp3) is 0.818. The maximum absolute atomic E-state index is 2.39. The van der Waals surface area contributed by atoms with E-state index in [1.807, 2.05) is 0 Å². The van der Waals surface area contributed by atoms with Gasteiger partial charge < -0.3 is 0 Å². The summed E-state index contributed by atoms with van der Waals surface area (Å²) in [4.78, 5) is 0. The summed E-state index contributed by atoms with van der Waals surface area (Å²) in [7, 11) is 0. The van der Waals surface area contributed by atoms with Crippen molar-refractivity contribution >= 4 is 0 Å². The highest BCUT2D eigenvalue weighted by molar-refractivity contribution is 4.85. The van der Waals surface area contributed by atoms with Crippen molar-refractivity contribution in [2.45, 2.75) is 51.9 Å². The molecule has 0 bridgehead atoms. The Morgan fingerprint density at radius 3 is 3.00 bits per heavy atom. The lowest BCUT2D eigenvalue weighted by Gasteiger charge is -2.15. The molecule has 0 aliphatic heterocycles. The molecular formula is C11H20. The van der Waals surface area contributed by atoms with Crippen LogP contribution in [0.15, 0.2) is 12.2 Å². The van der Waals surface area contributed by atoms with Crippen molar-refractivity contribution in [2.75, 3.05) is 0 Å². The zero-order valence-electron chi connectivity index (χ0n) is 7.68. The lowest BCUT2D eigenvalue weighted by atomic mass is 9.91. The van der Waals surface area contributed by atoms with Crippen LogP contribution < -0.4 is 0 Å². The molecule has 0 aromatic carbocycles. The van der Waals surface area contributed by atoms with Gasteiger partial charge in [0.1, 0.15) is 0 Å². The average molecular weight is 152 g/mol. The van der Waals surface area contributed by atoms with Gasteiger partial charge >= 0.3 is 0 Å². The summed E-state index contributed by atoms with van der Waals surface area (Å²) in [5.41, 5.74) is 0. The van der Waals surface area contributed by atoms with Crippen LogP contribution in [-0.4, -0.2) is 0 Å². The van der Waals surface area contributed by atoms with Gasteiger partial charge in [-0.05, 0) is 25.2 Å². The van der Waals surface area contributed by atoms with Crippen molar-refractivity contribution in [2.24, 2.45) is 5.92 Å². The molecule has 11 heavy (non-hydrogen) atoms. The molecule has 1 rings (SSSR count). The van der Waals surface area contributed by atoms with Gasteiger partial charge in [0.25, 0.3) is 0 Å². The van der Waals surface area contributed by atoms with Crippen molar-refractivity contribution in [3.05, 3.63) is 12.2 Å². The third kappa shape index (κ3) is 3.60. The van der Waals surface area contributed by atoms with E-state index in [-0.39, 0.29) is 0 Å². The van der Waals surface area contributed by atoms with Gasteiger partial charge in [-0.1, -0.05) is 44.8 Å². The van der Waals surface area contributed by atoms with Gasteiger partial charge in [-0.25, -0.2) is 0 Å². The summed E-state index contributed by atoms with van der Waals surface area (Å²) in [6.07, 6.45) is 14.5. The van der Waals surface area contributed by atoms with Gasteiger partial charge in [-0.15, -0.1) is 0 Å². The molecule has 0 saturated carbocycles. The average Bonchev–Trinajstić information content (AvgIpc) is 1.94. The maximum Gasteiger partial charge on any atom is -0.0322 e. The highest BCUT2D eigenvalue weighted by atomic mass is 14.1. The first-order valence-corrected chi connectivity index (χ1v) is 5.08. The normalized spacial score (nSPS) is 26.1. The first kappa shape index (κ1) is 8.83. The van der Waals surface area contributed by atoms with Gasteiger partial charge in [0.05, 0.1) is 0 Å². The molecule has 64 valence electrons. The number of rotatable bonds is 2. The summed E-state index contributed by atoms with van der Waals surface area (Å²) in [6.45, 7) is 2.29. The quantitative estimate of drug-likeness (QED) is 0.526. The smallest absolute Gasteiger partial charge is 0.0322 e. The molecule has 0 heteroatoms. The lowest BCUT2D eigenvalue weighted by molar-refractivity contribution is 0.424. The van der Waals surface area contributed by atoms with E-state index in [2.05, 4.69) is 19.1 Å². The maximum atomic E-state index is 2.39. The molecule has 0 fully saturated rings. The number of allylic oxidation sites excluding steroid dienone is 2. The molecular weight excluding hydrogens is 132 g/mol. The Labute approximate surface area is 70.7 Å². The zero-order chi connectivity index (χ0) is 7.94. The Bertz CT molecular complexity index is 113. The van der Waals surface area contributed by atoms with E-state index in [9.17, 15) is 0 Å². The van der Waals surface area contributed by atoms with Crippen molar-refractivity contribution in [3.63, 3.8) is 0 Å². The summed E-state index contributed by atoms with van der Waals surface area (Å²) in [5.74, 6) is 0.997. The lowest BCUT2D eigenvalue weighted by Crippen LogP contribution is -2.00. The molecule has 0 spiro atoms. The van der Waals surface area contributed by atoms with Crippen LogP contribution in [0.5, 0.6) is 0 Å². The first-order chi connectivity index (χ1) is 5.43. The van der Waals surface area contributed by atoms with Gasteiger partial charge in [-0.3, -0.25) is 0 Å². The van der Waals surface area contributed by atoms with Crippen molar-refractivity contribution in [1.29, 1.82) is 0 Å². The second-order valence-electron chi connectivity index (χ2n) is 3.65. The van der Waals surface area contributed by atoms with Crippen molar-refractivity contribution < 1.29 is 0 Å². The van der Waals surface area contributed by atoms with E-state index in [0.717, 1.165) is 5.92 Å². The van der Waals surface area contributed by atoms with Gasteiger partial charge in [-0.2, -0.15) is 0 Å². The fourth-order valence-electron chi connectivity index (χ4n) is 1.89. The van der Waals surface area contributed by atoms with Crippen LogP contribution in [0.25, 0.3) is 0 Å². The van der Waals surface area contributed by atoms with Gasteiger partial charge in [0, 0.05) is 0 Å². The molecule has 0 amide bonds. The minimum absolute atomic E-state index is 0.997. The van der Waals surface area contributed by atoms with E-state index in [1.165, 1.54) is 44.9 Å². The van der Waals surface area contributed by atoms with E-state index < -0.39 is 0 Å². The SMILES string of the molecule is CCCC1CC=CCCCC1. The Hall–Kier alpha value is -0.260. The Balaban J connectivity index is 2.26. The fourth-order valence-corrected chi connectivity index (χ4v) is 1.89. The number of hydrogen-bond acceptors (Lipinski definition) is 0. The largest absolute Gasteiger partial charge is 0.0885 e. The van der Waals surface area contributed by atoms with Gasteiger partial charge in [0.2, 0.25) is 0 Å². The zero-order valence-corrected chi connectivity index (χ0v) is 7.68. The van der Waals surface area contributed by atoms with Crippen LogP contribution in [0, 0.1) is 5.92 Å². The van der Waals surface area contributed by atoms with Crippen LogP contribution in [0.2, 0.25) is 0 Å². The van der Waals surface area contributed by atoms with Crippen LogP contribution in [0.1, 0.15) is 51.9 Å². The highest BCUT2D eigenvalue weighted by Crippen LogP contribution is 2.21. The second kappa shape index (κ2) is 5.40. The van der Waals surface area contributed by atoms with Crippen molar-refractivity contribution in [3.8, 4) is 0 Å². The standard InChI is InChI=1S/C11H20/c1-2-8-11-9-6-4-3-5-7-10-11/h4,6,11H,2-3,5,7-10H2,1H3. The summed E-state index contributed by atoms with van der Waals surface area (Å²) in [6, 6.07) is 0. The molecule has 1 atom stereocenters. The van der Waals surface area contributed by atoms with E-state index in [1.54, 1.807) is 0 Å². The summed E-state index contributed by atoms with van der Waals surface area (Å²) < 4.78 is 0. The Morgan fingerprint density at radius 1 is 1.27 bits per heavy atom. The monoisotopic (exact) mass is 152 g/mol. The van der Waals surface area contributed by atoms with E-state index >= 15 is 0 Å². The molecule has 0 aromatic heterocycles. The topological polar surface area (TPSA) is 0 Å². The molecule has 0 heterocycles. The van der Waals surface area contributed by atoms with Gasteiger partial charge in [0.15, 0.2) is 0 Å². The minimum Gasteiger partial charge on any atom is -0.0885 e. The molecule has 0 N–H and O–H groups in total. The third-order valence-electron chi connectivity index (χ3n) is 2.57. The Morgan fingerprint density at radius 2 is 2.18 bits per heavy atom. The predicted molar refractivity (Wildman–Crippen MR) is 50.6 cm³/mol. The molecule has 1 aliphatic rings. The predicted octanol–water partition coefficient (Wildman–Crippen LogP) is 3.92. The van der Waals surface area contributed by atoms with Crippen LogP contribution in [-0.2, 0) is 0 Å². The molecule has 0 radical (unpaired) electrons. The molecule has 1 aliphatic carbocycles. The van der Waals surface area contributed by atoms with Crippen LogP contribution in [0.3, 0.4) is 0 Å². The second-order valence-corrected chi connectivity index (χ2v) is 3.65. The molecule has 0 saturated heterocycles. The van der Waals surface area contributed by atoms with Crippen LogP contribution >= 0.6 is 0 Å². The third-order valence-corrected chi connectivity index (χ3v) is 2.57. The molecule has 1 unspecified atom stereocenters. The molecule has 0 aromatic rings. The minimum atomic E-state index is 0.997. The van der Waals surface area contributed by atoms with Crippen molar-refractivity contribution in [1.82, 2.24) is 0 Å². The molecule has 0 nitrogen and oxygen atoms in total. The Kier molecular flexibility index (Phi) is 4.33. The van der Waals surface area contributed by atoms with E-state index in [0.29, 0.717) is 0 Å². The summed E-state index contributed by atoms with van der Waals surface area (Å²) >= 11 is 0. The first-order valence-electron chi connectivity index (χ1n) is 5.08. The highest BCUT2D eigenvalue weighted by Gasteiger charge is 2.06.